The number of nitrogens with zero attached hydrogens (tertiary/aromatic N) is 1. The lowest BCUT2D eigenvalue weighted by Gasteiger charge is -2.32. The third kappa shape index (κ3) is 3.66. The fraction of sp³-hybridized carbons (Fsp3) is 0.533. The quantitative estimate of drug-likeness (QED) is 0.686. The highest BCUT2D eigenvalue weighted by Crippen LogP contribution is 2.38. The van der Waals surface area contributed by atoms with E-state index in [1.165, 1.54) is 0 Å². The first-order valence-electron chi connectivity index (χ1n) is 7.07. The van der Waals surface area contributed by atoms with E-state index in [1.54, 1.807) is 6.20 Å². The molecule has 2 rings (SSSR count). The molecule has 1 aliphatic rings. The molecule has 6 heteroatoms. The summed E-state index contributed by atoms with van der Waals surface area (Å²) in [5.74, 6) is 0. The zero-order valence-corrected chi connectivity index (χ0v) is 14.0. The fourth-order valence-electron chi connectivity index (χ4n) is 2.12. The number of likely N-dealkylation sites (N-methyl/N-ethyl adjacent to an activating group) is 1. The van der Waals surface area contributed by atoms with Gasteiger partial charge in [-0.25, -0.2) is 4.98 Å². The molecule has 1 fully saturated rings. The number of pyridine rings is 1. The van der Waals surface area contributed by atoms with Gasteiger partial charge in [-0.05, 0) is 57.9 Å². The van der Waals surface area contributed by atoms with Gasteiger partial charge in [0.05, 0.1) is 11.2 Å². The van der Waals surface area contributed by atoms with Crippen LogP contribution in [-0.2, 0) is 9.31 Å². The van der Waals surface area contributed by atoms with Gasteiger partial charge in [-0.1, -0.05) is 17.7 Å². The van der Waals surface area contributed by atoms with Gasteiger partial charge in [0.1, 0.15) is 5.15 Å². The molecule has 0 unspecified atom stereocenters. The summed E-state index contributed by atoms with van der Waals surface area (Å²) >= 11 is 5.94. The van der Waals surface area contributed by atoms with Crippen LogP contribution < -0.4 is 5.32 Å². The van der Waals surface area contributed by atoms with E-state index in [-0.39, 0.29) is 18.3 Å². The first kappa shape index (κ1) is 16.5. The monoisotopic (exact) mass is 308 g/mol. The Balaban J connectivity index is 2.28. The van der Waals surface area contributed by atoms with Crippen LogP contribution >= 0.6 is 11.6 Å². The molecule has 1 aliphatic heterocycles. The molecule has 114 valence electrons. The van der Waals surface area contributed by atoms with Gasteiger partial charge in [0.25, 0.3) is 0 Å². The maximum atomic E-state index is 6.10. The highest BCUT2D eigenvalue weighted by atomic mass is 35.5. The second kappa shape index (κ2) is 6.09. The lowest BCUT2D eigenvalue weighted by Crippen LogP contribution is -2.41. The average Bonchev–Trinajstić information content (AvgIpc) is 2.58. The average molecular weight is 309 g/mol. The predicted octanol–water partition coefficient (Wildman–Crippen LogP) is 2.97. The normalized spacial score (nSPS) is 20.9. The Bertz CT molecular complexity index is 530. The maximum absolute atomic E-state index is 6.10. The molecule has 0 spiro atoms. The zero-order chi connectivity index (χ0) is 15.7. The van der Waals surface area contributed by atoms with Crippen molar-refractivity contribution in [2.45, 2.75) is 38.9 Å². The van der Waals surface area contributed by atoms with Crippen LogP contribution in [0, 0.1) is 0 Å². The van der Waals surface area contributed by atoms with Crippen LogP contribution in [0.5, 0.6) is 0 Å². The molecule has 0 saturated carbocycles. The molecule has 1 aromatic heterocycles. The van der Waals surface area contributed by atoms with Crippen LogP contribution in [-0.4, -0.2) is 36.9 Å². The summed E-state index contributed by atoms with van der Waals surface area (Å²) in [5.41, 5.74) is 1.31. The van der Waals surface area contributed by atoms with Crippen molar-refractivity contribution in [2.24, 2.45) is 0 Å². The third-order valence-corrected chi connectivity index (χ3v) is 4.25. The Kier molecular flexibility index (Phi) is 4.78. The number of aromatic nitrogens is 1. The molecule has 1 N–H and O–H groups in total. The number of hydrogen-bond donors (Lipinski definition) is 1. The molecule has 0 atom stereocenters. The summed E-state index contributed by atoms with van der Waals surface area (Å²) in [4.78, 5) is 3.99. The van der Waals surface area contributed by atoms with Gasteiger partial charge in [0, 0.05) is 12.7 Å². The van der Waals surface area contributed by atoms with Gasteiger partial charge >= 0.3 is 7.12 Å². The summed E-state index contributed by atoms with van der Waals surface area (Å²) in [5, 5.41) is 3.63. The van der Waals surface area contributed by atoms with Crippen LogP contribution in [0.2, 0.25) is 5.15 Å². The summed E-state index contributed by atoms with van der Waals surface area (Å²) in [6.45, 7) is 8.87. The minimum atomic E-state index is -0.366. The second-order valence-electron chi connectivity index (χ2n) is 6.25. The van der Waals surface area contributed by atoms with Gasteiger partial charge in [-0.15, -0.1) is 0 Å². The molecule has 0 bridgehead atoms. The standard InChI is InChI=1S/C15H22BClN2O2/c1-14(2)15(3,4)21-16(20-14)12(10-18-5)8-11-6-7-19-13(17)9-11/h6-9,18H,10H2,1-5H3. The van der Waals surface area contributed by atoms with E-state index in [0.29, 0.717) is 11.7 Å². The second-order valence-corrected chi connectivity index (χ2v) is 6.64. The van der Waals surface area contributed by atoms with Crippen molar-refractivity contribution in [2.75, 3.05) is 13.6 Å². The Morgan fingerprint density at radius 2 is 1.95 bits per heavy atom. The number of rotatable bonds is 4. The minimum absolute atomic E-state index is 0.347. The SMILES string of the molecule is CNCC(=Cc1ccnc(Cl)c1)B1OC(C)(C)C(C)(C)O1. The predicted molar refractivity (Wildman–Crippen MR) is 87.2 cm³/mol. The number of hydrogen-bond acceptors (Lipinski definition) is 4. The molecule has 0 aliphatic carbocycles. The Morgan fingerprint density at radius 3 is 2.48 bits per heavy atom. The number of halogens is 1. The first-order valence-corrected chi connectivity index (χ1v) is 7.45. The van der Waals surface area contributed by atoms with Crippen molar-refractivity contribution < 1.29 is 9.31 Å². The molecular formula is C15H22BClN2O2. The fourth-order valence-corrected chi connectivity index (χ4v) is 2.30. The van der Waals surface area contributed by atoms with E-state index in [2.05, 4.69) is 10.3 Å². The molecule has 1 saturated heterocycles. The molecule has 0 radical (unpaired) electrons. The van der Waals surface area contributed by atoms with Crippen molar-refractivity contribution >= 4 is 24.8 Å². The van der Waals surface area contributed by atoms with Crippen LogP contribution in [0.4, 0.5) is 0 Å². The molecule has 2 heterocycles. The first-order chi connectivity index (χ1) is 9.75. The van der Waals surface area contributed by atoms with Gasteiger partial charge in [-0.2, -0.15) is 0 Å². The van der Waals surface area contributed by atoms with Crippen molar-refractivity contribution in [3.8, 4) is 0 Å². The lowest BCUT2D eigenvalue weighted by atomic mass is 9.77. The summed E-state index contributed by atoms with van der Waals surface area (Å²) in [6, 6.07) is 3.73. The van der Waals surface area contributed by atoms with Gasteiger partial charge in [0.15, 0.2) is 0 Å². The zero-order valence-electron chi connectivity index (χ0n) is 13.2. The van der Waals surface area contributed by atoms with Crippen molar-refractivity contribution in [3.05, 3.63) is 34.5 Å². The molecule has 0 amide bonds. The minimum Gasteiger partial charge on any atom is -0.400 e. The van der Waals surface area contributed by atoms with Gasteiger partial charge < -0.3 is 14.6 Å². The van der Waals surface area contributed by atoms with Crippen LogP contribution in [0.15, 0.2) is 23.8 Å². The highest BCUT2D eigenvalue weighted by Gasteiger charge is 2.52. The maximum Gasteiger partial charge on any atom is 0.491 e. The van der Waals surface area contributed by atoms with E-state index in [4.69, 9.17) is 20.9 Å². The smallest absolute Gasteiger partial charge is 0.400 e. The van der Waals surface area contributed by atoms with E-state index < -0.39 is 0 Å². The topological polar surface area (TPSA) is 43.4 Å². The van der Waals surface area contributed by atoms with Crippen LogP contribution in [0.25, 0.3) is 6.08 Å². The third-order valence-electron chi connectivity index (χ3n) is 4.04. The van der Waals surface area contributed by atoms with Crippen LogP contribution in [0.3, 0.4) is 0 Å². The van der Waals surface area contributed by atoms with Crippen LogP contribution in [0.1, 0.15) is 33.3 Å². The molecule has 1 aromatic rings. The highest BCUT2D eigenvalue weighted by molar-refractivity contribution is 6.55. The van der Waals surface area contributed by atoms with E-state index >= 15 is 0 Å². The van der Waals surface area contributed by atoms with E-state index in [1.807, 2.05) is 53.0 Å². The Labute approximate surface area is 132 Å². The van der Waals surface area contributed by atoms with Crippen molar-refractivity contribution in [1.82, 2.24) is 10.3 Å². The number of nitrogens with one attached hydrogen (secondary N) is 1. The summed E-state index contributed by atoms with van der Waals surface area (Å²) in [6.07, 6.45) is 3.72. The largest absolute Gasteiger partial charge is 0.491 e. The Morgan fingerprint density at radius 1 is 1.33 bits per heavy atom. The van der Waals surface area contributed by atoms with Gasteiger partial charge in [0.2, 0.25) is 0 Å². The lowest BCUT2D eigenvalue weighted by molar-refractivity contribution is 0.00578. The molecule has 21 heavy (non-hydrogen) atoms. The van der Waals surface area contributed by atoms with E-state index in [0.717, 1.165) is 11.0 Å². The molecule has 0 aromatic carbocycles. The summed E-state index contributed by atoms with van der Waals surface area (Å²) in [7, 11) is 1.54. The molecular weight excluding hydrogens is 286 g/mol. The van der Waals surface area contributed by atoms with Crippen molar-refractivity contribution in [1.29, 1.82) is 0 Å². The summed E-state index contributed by atoms with van der Waals surface area (Å²) < 4.78 is 12.2. The Hall–Kier alpha value is -0.875. The molecule has 4 nitrogen and oxygen atoms in total. The van der Waals surface area contributed by atoms with E-state index in [9.17, 15) is 0 Å². The van der Waals surface area contributed by atoms with Crippen molar-refractivity contribution in [3.63, 3.8) is 0 Å². The van der Waals surface area contributed by atoms with Gasteiger partial charge in [-0.3, -0.25) is 0 Å².